The molecule has 29 heavy (non-hydrogen) atoms. The first-order chi connectivity index (χ1) is 13.8. The van der Waals surface area contributed by atoms with Gasteiger partial charge < -0.3 is 4.74 Å². The van der Waals surface area contributed by atoms with Crippen LogP contribution in [0.5, 0.6) is 5.75 Å². The van der Waals surface area contributed by atoms with Crippen LogP contribution in [0.25, 0.3) is 0 Å². The maximum atomic E-state index is 10.1. The molecule has 0 aromatic heterocycles. The first kappa shape index (κ1) is 20.9. The Hall–Kier alpha value is -1.38. The molecule has 2 atom stereocenters. The van der Waals surface area contributed by atoms with Crippen LogP contribution in [0.2, 0.25) is 5.02 Å². The minimum absolute atomic E-state index is 0.145. The zero-order valence-corrected chi connectivity index (χ0v) is 19.0. The van der Waals surface area contributed by atoms with E-state index in [9.17, 15) is 5.26 Å². The third-order valence-corrected chi connectivity index (χ3v) is 8.36. The molecular formula is C23H30ClN3OS. The normalized spacial score (nSPS) is 32.7. The van der Waals surface area contributed by atoms with Gasteiger partial charge in [0.2, 0.25) is 0 Å². The summed E-state index contributed by atoms with van der Waals surface area (Å²) < 4.78 is 6.12. The Morgan fingerprint density at radius 3 is 2.45 bits per heavy atom. The molecule has 4 aliphatic carbocycles. The van der Waals surface area contributed by atoms with Crippen molar-refractivity contribution in [3.63, 3.8) is 0 Å². The van der Waals surface area contributed by atoms with E-state index >= 15 is 0 Å². The second-order valence-corrected chi connectivity index (χ2v) is 11.1. The topological polar surface area (TPSA) is 60.1 Å². The standard InChI is InChI=1S/C23H30ClN3OS/c1-22(2,28-19-6-4-18(24)5-7-19)21(26)27(14-25)20-16-8-15-9-17(20)12-23(10-15,11-16)13-29-3/h4-7,15-17,20,26H,8-13H2,1-3H3. The lowest BCUT2D eigenvalue weighted by molar-refractivity contribution is -0.0803. The zero-order valence-electron chi connectivity index (χ0n) is 17.5. The first-order valence-electron chi connectivity index (χ1n) is 10.5. The fourth-order valence-corrected chi connectivity index (χ4v) is 7.56. The molecule has 156 valence electrons. The summed E-state index contributed by atoms with van der Waals surface area (Å²) in [6.07, 6.45) is 10.8. The van der Waals surface area contributed by atoms with E-state index in [0.717, 1.165) is 5.92 Å². The lowest BCUT2D eigenvalue weighted by atomic mass is 9.48. The summed E-state index contributed by atoms with van der Waals surface area (Å²) in [5.41, 5.74) is -0.430. The van der Waals surface area contributed by atoms with Crippen molar-refractivity contribution in [2.24, 2.45) is 23.2 Å². The maximum Gasteiger partial charge on any atom is 0.185 e. The molecule has 2 unspecified atom stereocenters. The van der Waals surface area contributed by atoms with E-state index in [0.29, 0.717) is 28.0 Å². The van der Waals surface area contributed by atoms with E-state index in [-0.39, 0.29) is 11.9 Å². The van der Waals surface area contributed by atoms with Crippen LogP contribution in [0.4, 0.5) is 0 Å². The van der Waals surface area contributed by atoms with Crippen molar-refractivity contribution in [3.05, 3.63) is 29.3 Å². The van der Waals surface area contributed by atoms with Crippen molar-refractivity contribution >= 4 is 29.2 Å². The molecule has 0 amide bonds. The van der Waals surface area contributed by atoms with E-state index in [2.05, 4.69) is 12.4 Å². The van der Waals surface area contributed by atoms with Crippen LogP contribution in [0, 0.1) is 40.0 Å². The third-order valence-electron chi connectivity index (χ3n) is 7.20. The third kappa shape index (κ3) is 3.86. The Morgan fingerprint density at radius 1 is 1.28 bits per heavy atom. The minimum atomic E-state index is -0.894. The molecule has 5 rings (SSSR count). The average Bonchev–Trinajstić information content (AvgIpc) is 2.65. The second kappa shape index (κ2) is 7.71. The van der Waals surface area contributed by atoms with Gasteiger partial charge in [0, 0.05) is 5.02 Å². The molecule has 0 heterocycles. The Kier molecular flexibility index (Phi) is 5.55. The predicted molar refractivity (Wildman–Crippen MR) is 119 cm³/mol. The van der Waals surface area contributed by atoms with E-state index < -0.39 is 5.60 Å². The van der Waals surface area contributed by atoms with Gasteiger partial charge in [0.1, 0.15) is 5.75 Å². The van der Waals surface area contributed by atoms with Gasteiger partial charge in [-0.1, -0.05) is 11.6 Å². The summed E-state index contributed by atoms with van der Waals surface area (Å²) in [6, 6.07) is 7.32. The fraction of sp³-hybridized carbons (Fsp3) is 0.652. The van der Waals surface area contributed by atoms with Crippen molar-refractivity contribution in [2.75, 3.05) is 12.0 Å². The van der Waals surface area contributed by atoms with Crippen molar-refractivity contribution in [1.82, 2.24) is 4.90 Å². The summed E-state index contributed by atoms with van der Waals surface area (Å²) in [6.45, 7) is 3.75. The predicted octanol–water partition coefficient (Wildman–Crippen LogP) is 5.82. The highest BCUT2D eigenvalue weighted by Gasteiger charge is 2.57. The largest absolute Gasteiger partial charge is 0.480 e. The highest BCUT2D eigenvalue weighted by Crippen LogP contribution is 2.61. The van der Waals surface area contributed by atoms with Crippen molar-refractivity contribution < 1.29 is 4.74 Å². The number of amidine groups is 1. The number of hydrogen-bond donors (Lipinski definition) is 1. The van der Waals surface area contributed by atoms with Gasteiger partial charge in [0.05, 0.1) is 6.04 Å². The lowest BCUT2D eigenvalue weighted by Crippen LogP contribution is -2.62. The van der Waals surface area contributed by atoms with Crippen LogP contribution in [-0.4, -0.2) is 34.4 Å². The van der Waals surface area contributed by atoms with E-state index in [1.165, 1.54) is 37.9 Å². The minimum Gasteiger partial charge on any atom is -0.480 e. The Morgan fingerprint density at radius 2 is 1.90 bits per heavy atom. The van der Waals surface area contributed by atoms with Gasteiger partial charge in [-0.15, -0.1) is 0 Å². The van der Waals surface area contributed by atoms with Crippen LogP contribution < -0.4 is 4.74 Å². The number of rotatable bonds is 6. The number of halogens is 1. The van der Waals surface area contributed by atoms with Gasteiger partial charge >= 0.3 is 0 Å². The molecule has 0 radical (unpaired) electrons. The molecule has 1 aromatic carbocycles. The molecule has 0 saturated heterocycles. The molecule has 4 aliphatic rings. The van der Waals surface area contributed by atoms with Gasteiger partial charge in [0.25, 0.3) is 0 Å². The molecule has 0 spiro atoms. The van der Waals surface area contributed by atoms with Crippen LogP contribution in [-0.2, 0) is 0 Å². The smallest absolute Gasteiger partial charge is 0.185 e. The van der Waals surface area contributed by atoms with Crippen molar-refractivity contribution in [1.29, 1.82) is 10.7 Å². The molecule has 4 saturated carbocycles. The SMILES string of the molecule is CSCC12CC3CC(C1)C(N(C#N)C(=N)C(C)(C)Oc1ccc(Cl)cc1)C(C3)C2. The summed E-state index contributed by atoms with van der Waals surface area (Å²) in [5, 5.41) is 19.6. The summed E-state index contributed by atoms with van der Waals surface area (Å²) in [5.74, 6) is 3.99. The van der Waals surface area contributed by atoms with Crippen molar-refractivity contribution in [2.45, 2.75) is 57.6 Å². The van der Waals surface area contributed by atoms with Gasteiger partial charge in [0.15, 0.2) is 17.6 Å². The van der Waals surface area contributed by atoms with E-state index in [4.69, 9.17) is 21.7 Å². The Balaban J connectivity index is 1.53. The van der Waals surface area contributed by atoms with E-state index in [1.807, 2.05) is 37.7 Å². The Labute approximate surface area is 183 Å². The summed E-state index contributed by atoms with van der Waals surface area (Å²) in [4.78, 5) is 1.69. The second-order valence-electron chi connectivity index (χ2n) is 9.78. The lowest BCUT2D eigenvalue weighted by Gasteiger charge is -2.61. The highest BCUT2D eigenvalue weighted by molar-refractivity contribution is 7.98. The molecule has 1 N–H and O–H groups in total. The molecule has 4 bridgehead atoms. The number of ether oxygens (including phenoxy) is 1. The molecule has 4 nitrogen and oxygen atoms in total. The molecule has 1 aromatic rings. The van der Waals surface area contributed by atoms with Crippen molar-refractivity contribution in [3.8, 4) is 11.9 Å². The highest BCUT2D eigenvalue weighted by atomic mass is 35.5. The first-order valence-corrected chi connectivity index (χ1v) is 12.3. The van der Waals surface area contributed by atoms with Gasteiger partial charge in [-0.3, -0.25) is 10.3 Å². The average molecular weight is 432 g/mol. The summed E-state index contributed by atoms with van der Waals surface area (Å²) >= 11 is 7.94. The van der Waals surface area contributed by atoms with Crippen LogP contribution >= 0.6 is 23.4 Å². The monoisotopic (exact) mass is 431 g/mol. The Bertz CT molecular complexity index is 802. The van der Waals surface area contributed by atoms with Crippen LogP contribution in [0.3, 0.4) is 0 Å². The molecule has 0 aliphatic heterocycles. The van der Waals surface area contributed by atoms with Gasteiger partial charge in [-0.2, -0.15) is 17.0 Å². The molecule has 6 heteroatoms. The number of hydrogen-bond acceptors (Lipinski definition) is 4. The number of nitriles is 1. The maximum absolute atomic E-state index is 10.1. The quantitative estimate of drug-likeness (QED) is 0.267. The number of nitrogens with zero attached hydrogens (tertiary/aromatic N) is 2. The van der Waals surface area contributed by atoms with Crippen LogP contribution in [0.15, 0.2) is 24.3 Å². The van der Waals surface area contributed by atoms with Gasteiger partial charge in [-0.25, -0.2) is 0 Å². The fourth-order valence-electron chi connectivity index (χ4n) is 6.47. The molecule has 4 fully saturated rings. The summed E-state index contributed by atoms with van der Waals surface area (Å²) in [7, 11) is 0. The number of thioether (sulfide) groups is 1. The number of nitrogens with one attached hydrogen (secondary N) is 1. The number of benzene rings is 1. The van der Waals surface area contributed by atoms with Crippen LogP contribution in [0.1, 0.15) is 46.0 Å². The molecular weight excluding hydrogens is 402 g/mol. The van der Waals surface area contributed by atoms with Gasteiger partial charge in [-0.05, 0) is 105 Å². The van der Waals surface area contributed by atoms with E-state index in [1.54, 1.807) is 17.0 Å². The zero-order chi connectivity index (χ0) is 20.8.